The maximum atomic E-state index is 3.73. The van der Waals surface area contributed by atoms with Gasteiger partial charge in [-0.1, -0.05) is 59.0 Å². The van der Waals surface area contributed by atoms with Gasteiger partial charge in [0.25, 0.3) is 0 Å². The summed E-state index contributed by atoms with van der Waals surface area (Å²) >= 11 is 1.55. The number of hydrogen-bond acceptors (Lipinski definition) is 0. The topological polar surface area (TPSA) is 0 Å². The van der Waals surface area contributed by atoms with Gasteiger partial charge in [-0.05, 0) is 38.7 Å². The molecule has 3 heteroatoms. The van der Waals surface area contributed by atoms with Gasteiger partial charge in [0.2, 0.25) is 0 Å². The van der Waals surface area contributed by atoms with E-state index in [2.05, 4.69) is 84.0 Å². The molecule has 0 aliphatic heterocycles. The molecule has 0 radical (unpaired) electrons. The first kappa shape index (κ1) is 25.3. The van der Waals surface area contributed by atoms with E-state index in [4.69, 9.17) is 0 Å². The van der Waals surface area contributed by atoms with E-state index < -0.39 is 0 Å². The Balaban J connectivity index is 0.000000601. The zero-order valence-electron chi connectivity index (χ0n) is 17.6. The molecular formula is C25H29Cl2Zr-. The van der Waals surface area contributed by atoms with Gasteiger partial charge in [0.05, 0.1) is 0 Å². The molecule has 0 amide bonds. The van der Waals surface area contributed by atoms with Crippen molar-refractivity contribution < 1.29 is 24.2 Å². The van der Waals surface area contributed by atoms with Crippen LogP contribution in [0.2, 0.25) is 0 Å². The standard InChI is InChI=1S/C22H21.C3H6.2ClH.Zr/c1-13-14(2)16(4)22(15(13)3)18-9-10-21-19(12-18)11-17-7-5-6-8-20(17)21;1-3-2;;;/h5-10,15H,11H2,1-4H3;1-2H3;2*1H;/q-1;;;;. The van der Waals surface area contributed by atoms with Crippen molar-refractivity contribution in [1.82, 2.24) is 0 Å². The van der Waals surface area contributed by atoms with Crippen LogP contribution in [0.25, 0.3) is 16.7 Å². The summed E-state index contributed by atoms with van der Waals surface area (Å²) in [6.07, 6.45) is 1.02. The fraction of sp³-hybridized carbons (Fsp3) is 0.320. The van der Waals surface area contributed by atoms with Crippen molar-refractivity contribution in [3.63, 3.8) is 0 Å². The molecule has 2 aliphatic carbocycles. The maximum Gasteiger partial charge on any atom is -0.147 e. The molecule has 0 spiro atoms. The van der Waals surface area contributed by atoms with Crippen LogP contribution in [0.1, 0.15) is 58.2 Å². The zero-order valence-corrected chi connectivity index (χ0v) is 21.7. The molecule has 0 bridgehead atoms. The summed E-state index contributed by atoms with van der Waals surface area (Å²) in [5.74, 6) is 0.512. The van der Waals surface area contributed by atoms with Crippen LogP contribution in [-0.2, 0) is 30.7 Å². The minimum absolute atomic E-state index is 0. The van der Waals surface area contributed by atoms with Crippen LogP contribution >= 0.6 is 24.8 Å². The molecule has 148 valence electrons. The van der Waals surface area contributed by atoms with Crippen molar-refractivity contribution in [3.05, 3.63) is 75.9 Å². The minimum atomic E-state index is 0. The molecule has 0 N–H and O–H groups in total. The first-order valence-electron chi connectivity index (χ1n) is 9.35. The third kappa shape index (κ3) is 4.87. The maximum absolute atomic E-state index is 3.73. The molecule has 0 heterocycles. The summed E-state index contributed by atoms with van der Waals surface area (Å²) in [7, 11) is 0. The molecule has 2 aromatic rings. The number of halogens is 2. The van der Waals surface area contributed by atoms with Crippen LogP contribution in [0.5, 0.6) is 0 Å². The molecule has 0 nitrogen and oxygen atoms in total. The Labute approximate surface area is 197 Å². The van der Waals surface area contributed by atoms with E-state index in [-0.39, 0.29) is 24.8 Å². The average molecular weight is 492 g/mol. The van der Waals surface area contributed by atoms with Gasteiger partial charge in [-0.3, -0.25) is 0 Å². The first-order valence-corrected chi connectivity index (χ1v) is 10.6. The zero-order chi connectivity index (χ0) is 19.0. The van der Waals surface area contributed by atoms with E-state index in [0.29, 0.717) is 5.92 Å². The molecule has 28 heavy (non-hydrogen) atoms. The Morgan fingerprint density at radius 1 is 0.929 bits per heavy atom. The molecule has 0 saturated heterocycles. The van der Waals surface area contributed by atoms with Crippen LogP contribution in [0.3, 0.4) is 0 Å². The second-order valence-electron chi connectivity index (χ2n) is 7.67. The third-order valence-corrected chi connectivity index (χ3v) is 5.63. The minimum Gasteiger partial charge on any atom is -0.147 e. The van der Waals surface area contributed by atoms with Crippen molar-refractivity contribution in [3.8, 4) is 11.1 Å². The summed E-state index contributed by atoms with van der Waals surface area (Å²) in [6.45, 7) is 13.3. The number of allylic oxidation sites excluding steroid dienone is 4. The van der Waals surface area contributed by atoms with E-state index in [1.807, 2.05) is 0 Å². The molecule has 1 atom stereocenters. The Morgan fingerprint density at radius 3 is 2.11 bits per heavy atom. The Kier molecular flexibility index (Phi) is 9.33. The summed E-state index contributed by atoms with van der Waals surface area (Å²) in [5, 5.41) is 0. The number of benzene rings is 2. The fourth-order valence-corrected chi connectivity index (χ4v) is 4.01. The van der Waals surface area contributed by atoms with Crippen molar-refractivity contribution in [2.75, 3.05) is 0 Å². The van der Waals surface area contributed by atoms with Crippen molar-refractivity contribution in [1.29, 1.82) is 0 Å². The van der Waals surface area contributed by atoms with Gasteiger partial charge >= 0.3 is 41.3 Å². The monoisotopic (exact) mass is 489 g/mol. The molecule has 0 fully saturated rings. The van der Waals surface area contributed by atoms with Crippen molar-refractivity contribution in [2.24, 2.45) is 5.92 Å². The van der Waals surface area contributed by atoms with Gasteiger partial charge in [0.15, 0.2) is 0 Å². The van der Waals surface area contributed by atoms with Crippen LogP contribution in [0, 0.1) is 12.0 Å². The Morgan fingerprint density at radius 2 is 1.54 bits per heavy atom. The number of fused-ring (bicyclic) bond motifs is 3. The Hall–Kier alpha value is -0.747. The predicted molar refractivity (Wildman–Crippen MR) is 125 cm³/mol. The van der Waals surface area contributed by atoms with Gasteiger partial charge in [-0.25, -0.2) is 0 Å². The second-order valence-corrected chi connectivity index (χ2v) is 10.1. The van der Waals surface area contributed by atoms with Crippen LogP contribution in [0.15, 0.2) is 53.1 Å². The normalized spacial score (nSPS) is 16.4. The molecular weight excluding hydrogens is 462 g/mol. The van der Waals surface area contributed by atoms with Crippen LogP contribution < -0.4 is 0 Å². The summed E-state index contributed by atoms with van der Waals surface area (Å²) < 4.78 is 1.51. The quantitative estimate of drug-likeness (QED) is 0.311. The van der Waals surface area contributed by atoms with E-state index in [9.17, 15) is 0 Å². The first-order chi connectivity index (χ1) is 12.3. The SMILES string of the molecule is CC1=C(C)C(C)C(c2[c-]c3c(cc2)-c2ccccc2C3)=C1C.C[C](C)=[Zr].Cl.Cl. The molecule has 2 aromatic carbocycles. The van der Waals surface area contributed by atoms with E-state index in [0.717, 1.165) is 6.42 Å². The molecule has 1 unspecified atom stereocenters. The van der Waals surface area contributed by atoms with Gasteiger partial charge < -0.3 is 0 Å². The Bertz CT molecular complexity index is 947. The van der Waals surface area contributed by atoms with Gasteiger partial charge in [-0.2, -0.15) is 0 Å². The molecule has 0 aromatic heterocycles. The number of rotatable bonds is 1. The van der Waals surface area contributed by atoms with Gasteiger partial charge in [0, 0.05) is 0 Å². The molecule has 4 rings (SSSR count). The predicted octanol–water partition coefficient (Wildman–Crippen LogP) is 7.41. The van der Waals surface area contributed by atoms with Gasteiger partial charge in [0.1, 0.15) is 0 Å². The summed E-state index contributed by atoms with van der Waals surface area (Å²) in [5.41, 5.74) is 12.7. The summed E-state index contributed by atoms with van der Waals surface area (Å²) in [4.78, 5) is 0. The van der Waals surface area contributed by atoms with Crippen LogP contribution in [0.4, 0.5) is 0 Å². The smallest absolute Gasteiger partial charge is 0.147 e. The second kappa shape index (κ2) is 10.3. The van der Waals surface area contributed by atoms with E-state index in [1.165, 1.54) is 53.3 Å². The summed E-state index contributed by atoms with van der Waals surface area (Å²) in [6, 6.07) is 17.0. The van der Waals surface area contributed by atoms with E-state index >= 15 is 0 Å². The van der Waals surface area contributed by atoms with E-state index in [1.54, 1.807) is 24.2 Å². The molecule has 2 aliphatic rings. The largest absolute Gasteiger partial charge is 0.147 e. The third-order valence-electron chi connectivity index (χ3n) is 5.63. The van der Waals surface area contributed by atoms with Crippen molar-refractivity contribution >= 4 is 33.6 Å². The average Bonchev–Trinajstić information content (AvgIpc) is 3.05. The molecule has 0 saturated carbocycles. The van der Waals surface area contributed by atoms with Crippen molar-refractivity contribution in [2.45, 2.75) is 48.0 Å². The van der Waals surface area contributed by atoms with Crippen LogP contribution in [-0.4, -0.2) is 3.21 Å². The fourth-order valence-electron chi connectivity index (χ4n) is 4.01. The van der Waals surface area contributed by atoms with Gasteiger partial charge in [-0.15, -0.1) is 59.7 Å². The number of hydrogen-bond donors (Lipinski definition) is 0.